The summed E-state index contributed by atoms with van der Waals surface area (Å²) in [7, 11) is 0. The summed E-state index contributed by atoms with van der Waals surface area (Å²) in [5.41, 5.74) is 15.3. The molecule has 3 aromatic heterocycles. The van der Waals surface area contributed by atoms with Crippen molar-refractivity contribution in [2.45, 2.75) is 19.3 Å². The van der Waals surface area contributed by atoms with Gasteiger partial charge in [-0.2, -0.15) is 0 Å². The molecule has 0 unspecified atom stereocenters. The third-order valence-electron chi connectivity index (χ3n) is 12.2. The molecular formula is C54H37N5S. The van der Waals surface area contributed by atoms with Crippen molar-refractivity contribution in [3.63, 3.8) is 0 Å². The maximum atomic E-state index is 5.37. The van der Waals surface area contributed by atoms with Gasteiger partial charge in [0.2, 0.25) is 5.95 Å². The van der Waals surface area contributed by atoms with E-state index in [2.05, 4.69) is 193 Å². The first-order valence-corrected chi connectivity index (χ1v) is 21.2. The molecule has 8 aromatic carbocycles. The Morgan fingerprint density at radius 2 is 1.10 bits per heavy atom. The van der Waals surface area contributed by atoms with Crippen molar-refractivity contribution in [2.24, 2.45) is 0 Å². The van der Waals surface area contributed by atoms with Crippen molar-refractivity contribution >= 4 is 71.3 Å². The van der Waals surface area contributed by atoms with Crippen LogP contribution in [0.4, 0.5) is 17.1 Å². The minimum Gasteiger partial charge on any atom is -0.310 e. The lowest BCUT2D eigenvalue weighted by Gasteiger charge is -2.42. The summed E-state index contributed by atoms with van der Waals surface area (Å²) in [6.07, 6.45) is 0. The van der Waals surface area contributed by atoms with Gasteiger partial charge in [-0.15, -0.1) is 11.3 Å². The zero-order valence-corrected chi connectivity index (χ0v) is 33.9. The van der Waals surface area contributed by atoms with Crippen LogP contribution in [0.1, 0.15) is 25.0 Å². The van der Waals surface area contributed by atoms with Gasteiger partial charge in [0, 0.05) is 38.4 Å². The molecule has 0 amide bonds. The lowest BCUT2D eigenvalue weighted by Crippen LogP contribution is -2.30. The smallest absolute Gasteiger partial charge is 0.235 e. The number of hydrogen-bond donors (Lipinski definition) is 0. The third kappa shape index (κ3) is 5.34. The number of fused-ring (bicyclic) bond motifs is 7. The molecule has 0 radical (unpaired) electrons. The summed E-state index contributed by atoms with van der Waals surface area (Å²) in [6, 6.07) is 67.1. The van der Waals surface area contributed by atoms with E-state index in [1.807, 2.05) is 18.2 Å². The molecule has 1 aliphatic heterocycles. The summed E-state index contributed by atoms with van der Waals surface area (Å²) in [5, 5.41) is 4.31. The Balaban J connectivity index is 1.09. The van der Waals surface area contributed by atoms with E-state index in [0.717, 1.165) is 76.0 Å². The van der Waals surface area contributed by atoms with E-state index in [-0.39, 0.29) is 5.41 Å². The molecule has 11 aromatic rings. The predicted octanol–water partition coefficient (Wildman–Crippen LogP) is 14.4. The van der Waals surface area contributed by atoms with E-state index in [4.69, 9.17) is 15.0 Å². The quantitative estimate of drug-likeness (QED) is 0.174. The van der Waals surface area contributed by atoms with E-state index in [1.54, 1.807) is 11.3 Å². The number of thiazole rings is 1. The number of benzene rings is 8. The Labute approximate surface area is 351 Å². The minimum atomic E-state index is -0.217. The van der Waals surface area contributed by atoms with E-state index >= 15 is 0 Å². The number of para-hydroxylation sites is 3. The fourth-order valence-electron chi connectivity index (χ4n) is 9.26. The fourth-order valence-corrected chi connectivity index (χ4v) is 10.3. The molecule has 0 fully saturated rings. The Hall–Kier alpha value is -7.41. The van der Waals surface area contributed by atoms with Crippen LogP contribution in [0.5, 0.6) is 0 Å². The number of aromatic nitrogens is 4. The average molecular weight is 788 g/mol. The second-order valence-electron chi connectivity index (χ2n) is 16.1. The summed E-state index contributed by atoms with van der Waals surface area (Å²) in [4.78, 5) is 18.2. The van der Waals surface area contributed by atoms with E-state index in [9.17, 15) is 0 Å². The molecule has 284 valence electrons. The largest absolute Gasteiger partial charge is 0.310 e. The van der Waals surface area contributed by atoms with Gasteiger partial charge >= 0.3 is 0 Å². The molecule has 0 atom stereocenters. The van der Waals surface area contributed by atoms with Crippen molar-refractivity contribution in [3.05, 3.63) is 199 Å². The van der Waals surface area contributed by atoms with Gasteiger partial charge in [0.25, 0.3) is 0 Å². The Morgan fingerprint density at radius 1 is 0.450 bits per heavy atom. The van der Waals surface area contributed by atoms with Crippen LogP contribution in [0.15, 0.2) is 188 Å². The van der Waals surface area contributed by atoms with Gasteiger partial charge < -0.3 is 4.90 Å². The Bertz CT molecular complexity index is 3460. The van der Waals surface area contributed by atoms with Crippen LogP contribution in [0.25, 0.3) is 81.8 Å². The van der Waals surface area contributed by atoms with Gasteiger partial charge in [-0.3, -0.25) is 4.57 Å². The lowest BCUT2D eigenvalue weighted by atomic mass is 9.73. The van der Waals surface area contributed by atoms with Crippen LogP contribution < -0.4 is 4.90 Å². The highest BCUT2D eigenvalue weighted by atomic mass is 32.1. The zero-order valence-electron chi connectivity index (χ0n) is 33.0. The summed E-state index contributed by atoms with van der Waals surface area (Å²) in [5.74, 6) is 0.633. The number of anilines is 3. The molecule has 0 N–H and O–H groups in total. The van der Waals surface area contributed by atoms with Crippen LogP contribution in [0.3, 0.4) is 0 Å². The molecule has 0 saturated heterocycles. The summed E-state index contributed by atoms with van der Waals surface area (Å²) >= 11 is 1.73. The topological polar surface area (TPSA) is 46.8 Å². The summed E-state index contributed by atoms with van der Waals surface area (Å²) < 4.78 is 3.38. The Morgan fingerprint density at radius 3 is 1.92 bits per heavy atom. The molecule has 4 heterocycles. The highest BCUT2D eigenvalue weighted by molar-refractivity contribution is 7.21. The SMILES string of the molecule is CC1(C)c2ccccc2N(c2ccccc2)c2ccc(-c3ccc4c(c3)c3cc5sc(-c6ccccc6)nc5cc3n4-c3nc(-c4ccccc4)c4ccccc4n3)cc21. The number of hydrogen-bond acceptors (Lipinski definition) is 5. The van der Waals surface area contributed by atoms with Gasteiger partial charge in [-0.05, 0) is 82.9 Å². The maximum absolute atomic E-state index is 5.37. The molecule has 6 heteroatoms. The predicted molar refractivity (Wildman–Crippen MR) is 250 cm³/mol. The van der Waals surface area contributed by atoms with Gasteiger partial charge in [-0.25, -0.2) is 15.0 Å². The van der Waals surface area contributed by atoms with Crippen molar-refractivity contribution in [1.29, 1.82) is 0 Å². The standard InChI is InChI=1S/C54H37N5S/c1-54(2)42-23-13-15-25-47(42)58(38-20-10-5-11-21-38)48-29-27-37(31-43(48)54)36-26-28-46-40(30-36)41-32-50-45(55-52(60-50)35-18-8-4-9-19-35)33-49(41)59(46)53-56-44-24-14-12-22-39(44)51(57-53)34-16-6-3-7-17-34/h3-33H,1-2H3. The zero-order chi connectivity index (χ0) is 40.0. The molecule has 5 nitrogen and oxygen atoms in total. The van der Waals surface area contributed by atoms with Crippen LogP contribution in [0.2, 0.25) is 0 Å². The number of rotatable bonds is 5. The van der Waals surface area contributed by atoms with Crippen molar-refractivity contribution in [1.82, 2.24) is 19.5 Å². The normalized spacial score (nSPS) is 13.3. The first kappa shape index (κ1) is 34.6. The van der Waals surface area contributed by atoms with E-state index < -0.39 is 0 Å². The fraction of sp³-hybridized carbons (Fsp3) is 0.0556. The lowest BCUT2D eigenvalue weighted by molar-refractivity contribution is 0.632. The van der Waals surface area contributed by atoms with Crippen LogP contribution >= 0.6 is 11.3 Å². The van der Waals surface area contributed by atoms with E-state index in [1.165, 1.54) is 28.1 Å². The highest BCUT2D eigenvalue weighted by Gasteiger charge is 2.37. The van der Waals surface area contributed by atoms with Crippen LogP contribution in [-0.4, -0.2) is 19.5 Å². The molecule has 0 saturated carbocycles. The van der Waals surface area contributed by atoms with Crippen LogP contribution in [-0.2, 0) is 5.41 Å². The first-order valence-electron chi connectivity index (χ1n) is 20.4. The van der Waals surface area contributed by atoms with Crippen molar-refractivity contribution in [3.8, 4) is 38.9 Å². The second-order valence-corrected chi connectivity index (χ2v) is 17.1. The molecule has 0 bridgehead atoms. The minimum absolute atomic E-state index is 0.217. The molecule has 12 rings (SSSR count). The molecular weight excluding hydrogens is 751 g/mol. The number of nitrogens with zero attached hydrogens (tertiary/aromatic N) is 5. The molecule has 0 spiro atoms. The molecule has 1 aliphatic rings. The molecule has 60 heavy (non-hydrogen) atoms. The van der Waals surface area contributed by atoms with Gasteiger partial charge in [0.15, 0.2) is 0 Å². The van der Waals surface area contributed by atoms with Crippen molar-refractivity contribution in [2.75, 3.05) is 4.90 Å². The van der Waals surface area contributed by atoms with Gasteiger partial charge in [0.1, 0.15) is 5.01 Å². The van der Waals surface area contributed by atoms with E-state index in [0.29, 0.717) is 5.95 Å². The maximum Gasteiger partial charge on any atom is 0.235 e. The van der Waals surface area contributed by atoms with Gasteiger partial charge in [-0.1, -0.05) is 141 Å². The summed E-state index contributed by atoms with van der Waals surface area (Å²) in [6.45, 7) is 4.70. The average Bonchev–Trinajstić information content (AvgIpc) is 3.87. The van der Waals surface area contributed by atoms with Gasteiger partial charge in [0.05, 0.1) is 43.8 Å². The monoisotopic (exact) mass is 787 g/mol. The molecule has 0 aliphatic carbocycles. The highest BCUT2D eigenvalue weighted by Crippen LogP contribution is 2.52. The van der Waals surface area contributed by atoms with Crippen LogP contribution in [0, 0.1) is 0 Å². The third-order valence-corrected chi connectivity index (χ3v) is 13.3. The van der Waals surface area contributed by atoms with Crippen molar-refractivity contribution < 1.29 is 0 Å². The second kappa shape index (κ2) is 13.3. The first-order chi connectivity index (χ1) is 29.5. The Kier molecular flexibility index (Phi) is 7.68.